The molecule has 2 heterocycles. The van der Waals surface area contributed by atoms with E-state index in [0.717, 1.165) is 13.0 Å². The topological polar surface area (TPSA) is 73.0 Å². The summed E-state index contributed by atoms with van der Waals surface area (Å²) in [5.74, 6) is 0.528. The predicted molar refractivity (Wildman–Crippen MR) is 49.6 cm³/mol. The lowest BCUT2D eigenvalue weighted by molar-refractivity contribution is 0.198. The van der Waals surface area contributed by atoms with Gasteiger partial charge in [0.1, 0.15) is 11.8 Å². The SMILES string of the molecule is N#Cc1ccnc(N2CC[C@@H](O)C2)n1. The lowest BCUT2D eigenvalue weighted by Crippen LogP contribution is -2.23. The van der Waals surface area contributed by atoms with Crippen LogP contribution < -0.4 is 4.90 Å². The van der Waals surface area contributed by atoms with Crippen molar-refractivity contribution in [3.63, 3.8) is 0 Å². The minimum absolute atomic E-state index is 0.302. The summed E-state index contributed by atoms with van der Waals surface area (Å²) in [4.78, 5) is 9.99. The zero-order valence-corrected chi connectivity index (χ0v) is 7.59. The molecule has 0 spiro atoms. The van der Waals surface area contributed by atoms with Gasteiger partial charge >= 0.3 is 0 Å². The van der Waals surface area contributed by atoms with Crippen molar-refractivity contribution in [3.8, 4) is 6.07 Å². The quantitative estimate of drug-likeness (QED) is 0.670. The molecule has 14 heavy (non-hydrogen) atoms. The first-order valence-corrected chi connectivity index (χ1v) is 4.46. The highest BCUT2D eigenvalue weighted by atomic mass is 16.3. The average Bonchev–Trinajstić information content (AvgIpc) is 2.65. The number of anilines is 1. The Kier molecular flexibility index (Phi) is 2.29. The van der Waals surface area contributed by atoms with Crippen molar-refractivity contribution >= 4 is 5.95 Å². The van der Waals surface area contributed by atoms with Gasteiger partial charge in [0.2, 0.25) is 5.95 Å². The zero-order chi connectivity index (χ0) is 9.97. The van der Waals surface area contributed by atoms with Crippen molar-refractivity contribution in [3.05, 3.63) is 18.0 Å². The number of hydrogen-bond acceptors (Lipinski definition) is 5. The maximum Gasteiger partial charge on any atom is 0.226 e. The van der Waals surface area contributed by atoms with E-state index in [1.54, 1.807) is 12.3 Å². The standard InChI is InChI=1S/C9H10N4O/c10-5-7-1-3-11-9(12-7)13-4-2-8(14)6-13/h1,3,8,14H,2,4,6H2/t8-/m1/s1. The van der Waals surface area contributed by atoms with Crippen LogP contribution in [0, 0.1) is 11.3 Å². The number of nitriles is 1. The van der Waals surface area contributed by atoms with Crippen LogP contribution in [-0.2, 0) is 0 Å². The summed E-state index contributed by atoms with van der Waals surface area (Å²) in [6, 6.07) is 3.53. The fraction of sp³-hybridized carbons (Fsp3) is 0.444. The van der Waals surface area contributed by atoms with E-state index in [0.29, 0.717) is 18.2 Å². The molecule has 0 aliphatic carbocycles. The summed E-state index contributed by atoms with van der Waals surface area (Å²) < 4.78 is 0. The van der Waals surface area contributed by atoms with Gasteiger partial charge in [0.15, 0.2) is 0 Å². The van der Waals surface area contributed by atoms with Crippen molar-refractivity contribution in [1.82, 2.24) is 9.97 Å². The molecule has 1 N–H and O–H groups in total. The normalized spacial score (nSPS) is 20.9. The van der Waals surface area contributed by atoms with Crippen molar-refractivity contribution in [2.24, 2.45) is 0 Å². The number of aliphatic hydroxyl groups is 1. The molecular formula is C9H10N4O. The number of rotatable bonds is 1. The number of nitrogens with zero attached hydrogens (tertiary/aromatic N) is 4. The molecule has 5 heteroatoms. The summed E-state index contributed by atoms with van der Waals surface area (Å²) in [5, 5.41) is 18.0. The number of hydrogen-bond donors (Lipinski definition) is 1. The second-order valence-electron chi connectivity index (χ2n) is 3.24. The smallest absolute Gasteiger partial charge is 0.226 e. The van der Waals surface area contributed by atoms with Crippen LogP contribution in [-0.4, -0.2) is 34.3 Å². The summed E-state index contributed by atoms with van der Waals surface area (Å²) in [6.07, 6.45) is 2.00. The third kappa shape index (κ3) is 1.65. The van der Waals surface area contributed by atoms with E-state index in [-0.39, 0.29) is 6.10 Å². The number of aromatic nitrogens is 2. The Bertz CT molecular complexity index is 373. The van der Waals surface area contributed by atoms with Gasteiger partial charge in [0, 0.05) is 19.3 Å². The first kappa shape index (κ1) is 8.91. The van der Waals surface area contributed by atoms with Crippen LogP contribution in [0.5, 0.6) is 0 Å². The Balaban J connectivity index is 2.20. The summed E-state index contributed by atoms with van der Waals surface area (Å²) in [7, 11) is 0. The maximum absolute atomic E-state index is 9.33. The zero-order valence-electron chi connectivity index (χ0n) is 7.59. The van der Waals surface area contributed by atoms with Gasteiger partial charge < -0.3 is 10.0 Å². The molecule has 1 atom stereocenters. The van der Waals surface area contributed by atoms with Gasteiger partial charge in [-0.05, 0) is 12.5 Å². The van der Waals surface area contributed by atoms with Crippen LogP contribution in [0.1, 0.15) is 12.1 Å². The van der Waals surface area contributed by atoms with E-state index in [1.807, 2.05) is 11.0 Å². The molecule has 5 nitrogen and oxygen atoms in total. The van der Waals surface area contributed by atoms with E-state index in [9.17, 15) is 5.11 Å². The monoisotopic (exact) mass is 190 g/mol. The summed E-state index contributed by atoms with van der Waals surface area (Å²) in [5.41, 5.74) is 0.358. The Morgan fingerprint density at radius 2 is 2.50 bits per heavy atom. The molecule has 2 rings (SSSR count). The molecule has 1 aliphatic rings. The van der Waals surface area contributed by atoms with Gasteiger partial charge in [-0.2, -0.15) is 5.26 Å². The van der Waals surface area contributed by atoms with E-state index in [1.165, 1.54) is 0 Å². The van der Waals surface area contributed by atoms with Gasteiger partial charge in [-0.15, -0.1) is 0 Å². The Labute approximate surface area is 81.6 Å². The molecule has 72 valence electrons. The number of β-amino-alcohol motifs (C(OH)–C–C–N with tert-alkyl or cyclic N) is 1. The van der Waals surface area contributed by atoms with E-state index < -0.39 is 0 Å². The van der Waals surface area contributed by atoms with Crippen molar-refractivity contribution in [1.29, 1.82) is 5.26 Å². The minimum Gasteiger partial charge on any atom is -0.391 e. The van der Waals surface area contributed by atoms with Crippen LogP contribution in [0.15, 0.2) is 12.3 Å². The molecule has 0 unspecified atom stereocenters. The number of aliphatic hydroxyl groups excluding tert-OH is 1. The highest BCUT2D eigenvalue weighted by Gasteiger charge is 2.22. The lowest BCUT2D eigenvalue weighted by atomic mass is 10.3. The maximum atomic E-state index is 9.33. The van der Waals surface area contributed by atoms with E-state index in [4.69, 9.17) is 5.26 Å². The molecule has 0 aromatic carbocycles. The largest absolute Gasteiger partial charge is 0.391 e. The molecule has 1 fully saturated rings. The fourth-order valence-electron chi connectivity index (χ4n) is 1.49. The molecule has 1 aromatic rings. The summed E-state index contributed by atoms with van der Waals surface area (Å²) in [6.45, 7) is 1.30. The van der Waals surface area contributed by atoms with E-state index >= 15 is 0 Å². The first-order valence-electron chi connectivity index (χ1n) is 4.46. The molecule has 1 aliphatic heterocycles. The van der Waals surface area contributed by atoms with Crippen LogP contribution in [0.4, 0.5) is 5.95 Å². The van der Waals surface area contributed by atoms with Crippen LogP contribution >= 0.6 is 0 Å². The van der Waals surface area contributed by atoms with Gasteiger partial charge in [0.05, 0.1) is 6.10 Å². The van der Waals surface area contributed by atoms with Crippen molar-refractivity contribution in [2.45, 2.75) is 12.5 Å². The molecular weight excluding hydrogens is 180 g/mol. The van der Waals surface area contributed by atoms with Gasteiger partial charge in [-0.1, -0.05) is 0 Å². The Hall–Kier alpha value is -1.67. The predicted octanol–water partition coefficient (Wildman–Crippen LogP) is -0.0807. The van der Waals surface area contributed by atoms with Crippen LogP contribution in [0.2, 0.25) is 0 Å². The molecule has 0 bridgehead atoms. The second kappa shape index (κ2) is 3.60. The van der Waals surface area contributed by atoms with Crippen LogP contribution in [0.3, 0.4) is 0 Å². The molecule has 1 saturated heterocycles. The van der Waals surface area contributed by atoms with Crippen LogP contribution in [0.25, 0.3) is 0 Å². The highest BCUT2D eigenvalue weighted by molar-refractivity contribution is 5.35. The highest BCUT2D eigenvalue weighted by Crippen LogP contribution is 2.15. The third-order valence-corrected chi connectivity index (χ3v) is 2.20. The Morgan fingerprint density at radius 3 is 3.14 bits per heavy atom. The Morgan fingerprint density at radius 1 is 1.64 bits per heavy atom. The van der Waals surface area contributed by atoms with Gasteiger partial charge in [0.25, 0.3) is 0 Å². The summed E-state index contributed by atoms with van der Waals surface area (Å²) >= 11 is 0. The second-order valence-corrected chi connectivity index (χ2v) is 3.24. The lowest BCUT2D eigenvalue weighted by Gasteiger charge is -2.14. The molecule has 0 amide bonds. The van der Waals surface area contributed by atoms with Gasteiger partial charge in [-0.3, -0.25) is 0 Å². The molecule has 1 aromatic heterocycles. The van der Waals surface area contributed by atoms with E-state index in [2.05, 4.69) is 9.97 Å². The van der Waals surface area contributed by atoms with Crippen molar-refractivity contribution in [2.75, 3.05) is 18.0 Å². The average molecular weight is 190 g/mol. The first-order chi connectivity index (χ1) is 6.79. The minimum atomic E-state index is -0.302. The fourth-order valence-corrected chi connectivity index (χ4v) is 1.49. The molecule has 0 radical (unpaired) electrons. The van der Waals surface area contributed by atoms with Gasteiger partial charge in [-0.25, -0.2) is 9.97 Å². The molecule has 0 saturated carbocycles. The van der Waals surface area contributed by atoms with Crippen molar-refractivity contribution < 1.29 is 5.11 Å². The third-order valence-electron chi connectivity index (χ3n) is 2.20.